The summed E-state index contributed by atoms with van der Waals surface area (Å²) in [6, 6.07) is 0. The SMILES string of the molecule is C=CCOC1O[C@@H](CO)[C@H](O)[C@H]1O. The second-order valence-electron chi connectivity index (χ2n) is 2.83. The molecule has 5 nitrogen and oxygen atoms in total. The summed E-state index contributed by atoms with van der Waals surface area (Å²) in [7, 11) is 0. The van der Waals surface area contributed by atoms with Crippen LogP contribution in [0.4, 0.5) is 0 Å². The zero-order chi connectivity index (χ0) is 9.84. The molecule has 1 heterocycles. The summed E-state index contributed by atoms with van der Waals surface area (Å²) >= 11 is 0. The minimum atomic E-state index is -1.11. The Bertz CT molecular complexity index is 172. The molecule has 0 bridgehead atoms. The quantitative estimate of drug-likeness (QED) is 0.476. The Morgan fingerprint density at radius 1 is 1.38 bits per heavy atom. The number of hydrogen-bond donors (Lipinski definition) is 3. The van der Waals surface area contributed by atoms with Gasteiger partial charge in [-0.05, 0) is 0 Å². The zero-order valence-electron chi connectivity index (χ0n) is 7.17. The molecule has 3 N–H and O–H groups in total. The first kappa shape index (κ1) is 10.6. The fourth-order valence-electron chi connectivity index (χ4n) is 1.17. The van der Waals surface area contributed by atoms with E-state index >= 15 is 0 Å². The van der Waals surface area contributed by atoms with E-state index in [1.54, 1.807) is 0 Å². The van der Waals surface area contributed by atoms with Crippen molar-refractivity contribution < 1.29 is 24.8 Å². The fourth-order valence-corrected chi connectivity index (χ4v) is 1.17. The van der Waals surface area contributed by atoms with Crippen molar-refractivity contribution in [3.05, 3.63) is 12.7 Å². The van der Waals surface area contributed by atoms with E-state index in [9.17, 15) is 10.2 Å². The number of hydrogen-bond acceptors (Lipinski definition) is 5. The second kappa shape index (κ2) is 4.69. The Morgan fingerprint density at radius 2 is 2.08 bits per heavy atom. The normalized spacial score (nSPS) is 39.3. The lowest BCUT2D eigenvalue weighted by atomic mass is 10.1. The molecule has 0 aromatic carbocycles. The maximum Gasteiger partial charge on any atom is 0.187 e. The Balaban J connectivity index is 2.45. The van der Waals surface area contributed by atoms with E-state index in [4.69, 9.17) is 14.6 Å². The van der Waals surface area contributed by atoms with Crippen molar-refractivity contribution in [2.75, 3.05) is 13.2 Å². The molecule has 0 amide bonds. The standard InChI is InChI=1S/C8H14O5/c1-2-3-12-8-7(11)6(10)5(4-9)13-8/h2,5-11H,1,3-4H2/t5-,6-,7+,8?/m0/s1. The van der Waals surface area contributed by atoms with Crippen LogP contribution in [0.1, 0.15) is 0 Å². The molecular weight excluding hydrogens is 176 g/mol. The van der Waals surface area contributed by atoms with Crippen molar-refractivity contribution in [2.24, 2.45) is 0 Å². The van der Waals surface area contributed by atoms with Crippen LogP contribution in [-0.4, -0.2) is 53.1 Å². The zero-order valence-corrected chi connectivity index (χ0v) is 7.17. The van der Waals surface area contributed by atoms with Gasteiger partial charge in [0.05, 0.1) is 13.2 Å². The first-order valence-electron chi connectivity index (χ1n) is 4.05. The summed E-state index contributed by atoms with van der Waals surface area (Å²) in [6.45, 7) is 3.32. The van der Waals surface area contributed by atoms with Gasteiger partial charge in [0.2, 0.25) is 0 Å². The summed E-state index contributed by atoms with van der Waals surface area (Å²) in [4.78, 5) is 0. The first-order chi connectivity index (χ1) is 6.20. The lowest BCUT2D eigenvalue weighted by Crippen LogP contribution is -2.34. The lowest BCUT2D eigenvalue weighted by Gasteiger charge is -2.13. The molecule has 76 valence electrons. The molecular formula is C8H14O5. The van der Waals surface area contributed by atoms with Crippen LogP contribution in [0.5, 0.6) is 0 Å². The van der Waals surface area contributed by atoms with Gasteiger partial charge in [-0.2, -0.15) is 0 Å². The lowest BCUT2D eigenvalue weighted by molar-refractivity contribution is -0.162. The Kier molecular flexibility index (Phi) is 3.83. The Hall–Kier alpha value is -0.460. The molecule has 1 aliphatic rings. The molecule has 1 unspecified atom stereocenters. The topological polar surface area (TPSA) is 79.2 Å². The van der Waals surface area contributed by atoms with Gasteiger partial charge in [-0.3, -0.25) is 0 Å². The van der Waals surface area contributed by atoms with Gasteiger partial charge < -0.3 is 24.8 Å². The van der Waals surface area contributed by atoms with Gasteiger partial charge in [0.25, 0.3) is 0 Å². The molecule has 1 aliphatic heterocycles. The molecule has 1 fully saturated rings. The van der Waals surface area contributed by atoms with Gasteiger partial charge in [0.15, 0.2) is 6.29 Å². The number of aliphatic hydroxyl groups excluding tert-OH is 3. The molecule has 0 aliphatic carbocycles. The van der Waals surface area contributed by atoms with Crippen molar-refractivity contribution >= 4 is 0 Å². The van der Waals surface area contributed by atoms with E-state index in [2.05, 4.69) is 6.58 Å². The van der Waals surface area contributed by atoms with E-state index in [-0.39, 0.29) is 13.2 Å². The molecule has 1 saturated heterocycles. The third-order valence-electron chi connectivity index (χ3n) is 1.88. The highest BCUT2D eigenvalue weighted by molar-refractivity contribution is 4.86. The first-order valence-corrected chi connectivity index (χ1v) is 4.05. The summed E-state index contributed by atoms with van der Waals surface area (Å²) in [5.74, 6) is 0. The Labute approximate surface area is 76.2 Å². The number of ether oxygens (including phenoxy) is 2. The molecule has 5 heteroatoms. The van der Waals surface area contributed by atoms with Crippen LogP contribution in [-0.2, 0) is 9.47 Å². The van der Waals surface area contributed by atoms with Gasteiger partial charge in [-0.25, -0.2) is 0 Å². The molecule has 0 spiro atoms. The summed E-state index contributed by atoms with van der Waals surface area (Å²) < 4.78 is 10.0. The average molecular weight is 190 g/mol. The van der Waals surface area contributed by atoms with Gasteiger partial charge in [0, 0.05) is 0 Å². The van der Waals surface area contributed by atoms with Crippen molar-refractivity contribution in [3.8, 4) is 0 Å². The molecule has 13 heavy (non-hydrogen) atoms. The molecule has 0 radical (unpaired) electrons. The van der Waals surface area contributed by atoms with E-state index in [1.165, 1.54) is 6.08 Å². The summed E-state index contributed by atoms with van der Waals surface area (Å²) in [5, 5.41) is 27.4. The number of rotatable bonds is 4. The highest BCUT2D eigenvalue weighted by atomic mass is 16.7. The monoisotopic (exact) mass is 190 g/mol. The van der Waals surface area contributed by atoms with Crippen molar-refractivity contribution in [2.45, 2.75) is 24.6 Å². The molecule has 0 aromatic rings. The van der Waals surface area contributed by atoms with Crippen LogP contribution in [0.25, 0.3) is 0 Å². The van der Waals surface area contributed by atoms with Crippen molar-refractivity contribution in [1.82, 2.24) is 0 Å². The van der Waals surface area contributed by atoms with E-state index in [1.807, 2.05) is 0 Å². The van der Waals surface area contributed by atoms with Crippen molar-refractivity contribution in [1.29, 1.82) is 0 Å². The smallest absolute Gasteiger partial charge is 0.187 e. The maximum atomic E-state index is 9.34. The van der Waals surface area contributed by atoms with Gasteiger partial charge in [0.1, 0.15) is 18.3 Å². The molecule has 0 aromatic heterocycles. The van der Waals surface area contributed by atoms with Gasteiger partial charge in [-0.1, -0.05) is 6.08 Å². The third kappa shape index (κ3) is 2.26. The van der Waals surface area contributed by atoms with E-state index in [0.717, 1.165) is 0 Å². The van der Waals surface area contributed by atoms with Crippen LogP contribution in [0.3, 0.4) is 0 Å². The van der Waals surface area contributed by atoms with Crippen LogP contribution in [0.2, 0.25) is 0 Å². The van der Waals surface area contributed by atoms with Crippen LogP contribution in [0, 0.1) is 0 Å². The van der Waals surface area contributed by atoms with E-state index < -0.39 is 24.6 Å². The van der Waals surface area contributed by atoms with Crippen molar-refractivity contribution in [3.63, 3.8) is 0 Å². The largest absolute Gasteiger partial charge is 0.394 e. The Morgan fingerprint density at radius 3 is 2.54 bits per heavy atom. The minimum Gasteiger partial charge on any atom is -0.394 e. The number of aliphatic hydroxyl groups is 3. The summed E-state index contributed by atoms with van der Waals surface area (Å²) in [6.07, 6.45) is -2.36. The predicted molar refractivity (Wildman–Crippen MR) is 43.9 cm³/mol. The minimum absolute atomic E-state index is 0.229. The highest BCUT2D eigenvalue weighted by Gasteiger charge is 2.42. The molecule has 4 atom stereocenters. The van der Waals surface area contributed by atoms with E-state index in [0.29, 0.717) is 0 Å². The predicted octanol–water partition coefficient (Wildman–Crippen LogP) is -1.37. The van der Waals surface area contributed by atoms with Crippen LogP contribution in [0.15, 0.2) is 12.7 Å². The molecule has 0 saturated carbocycles. The molecule has 1 rings (SSSR count). The van der Waals surface area contributed by atoms with Crippen LogP contribution >= 0.6 is 0 Å². The van der Waals surface area contributed by atoms with Gasteiger partial charge >= 0.3 is 0 Å². The fraction of sp³-hybridized carbons (Fsp3) is 0.750. The average Bonchev–Trinajstić information content (AvgIpc) is 2.41. The van der Waals surface area contributed by atoms with Crippen LogP contribution < -0.4 is 0 Å². The second-order valence-corrected chi connectivity index (χ2v) is 2.83. The maximum absolute atomic E-state index is 9.34. The highest BCUT2D eigenvalue weighted by Crippen LogP contribution is 2.21. The summed E-state index contributed by atoms with van der Waals surface area (Å²) in [5.41, 5.74) is 0. The third-order valence-corrected chi connectivity index (χ3v) is 1.88. The van der Waals surface area contributed by atoms with Gasteiger partial charge in [-0.15, -0.1) is 6.58 Å².